The van der Waals surface area contributed by atoms with Gasteiger partial charge in [-0.15, -0.1) is 0 Å². The number of aliphatic imine (C=N–C) groups is 1. The molecule has 2 aliphatic rings. The van der Waals surface area contributed by atoms with Gasteiger partial charge >= 0.3 is 0 Å². The number of aromatic nitrogens is 1. The average Bonchev–Trinajstić information content (AvgIpc) is 2.33. The monoisotopic (exact) mass is 260 g/mol. The average molecular weight is 260 g/mol. The van der Waals surface area contributed by atoms with E-state index in [1.807, 2.05) is 18.2 Å². The van der Waals surface area contributed by atoms with Crippen molar-refractivity contribution in [3.05, 3.63) is 24.4 Å². The van der Waals surface area contributed by atoms with Crippen molar-refractivity contribution in [2.75, 3.05) is 12.4 Å². The third-order valence-electron chi connectivity index (χ3n) is 4.53. The van der Waals surface area contributed by atoms with Gasteiger partial charge in [-0.3, -0.25) is 0 Å². The maximum Gasteiger partial charge on any atom is 0.194 e. The summed E-state index contributed by atoms with van der Waals surface area (Å²) in [6.07, 6.45) is 6.75. The van der Waals surface area contributed by atoms with Crippen molar-refractivity contribution < 1.29 is 4.74 Å². The predicted octanol–water partition coefficient (Wildman–Crippen LogP) is 1.77. The first-order valence-corrected chi connectivity index (χ1v) is 6.79. The highest BCUT2D eigenvalue weighted by Crippen LogP contribution is 2.58. The molecular formula is C14H20N4O. The molecule has 3 N–H and O–H groups in total. The molecule has 0 radical (unpaired) electrons. The van der Waals surface area contributed by atoms with Crippen molar-refractivity contribution in [1.82, 2.24) is 4.98 Å². The number of anilines is 1. The van der Waals surface area contributed by atoms with Crippen molar-refractivity contribution in [3.63, 3.8) is 0 Å². The maximum absolute atomic E-state index is 5.96. The highest BCUT2D eigenvalue weighted by Gasteiger charge is 2.58. The van der Waals surface area contributed by atoms with Crippen molar-refractivity contribution in [2.45, 2.75) is 37.8 Å². The zero-order valence-corrected chi connectivity index (χ0v) is 11.2. The number of nitrogens with two attached hydrogens (primary N) is 1. The second-order valence-corrected chi connectivity index (χ2v) is 5.42. The zero-order valence-electron chi connectivity index (χ0n) is 11.2. The van der Waals surface area contributed by atoms with Crippen molar-refractivity contribution in [3.8, 4) is 0 Å². The normalized spacial score (nSPS) is 28.6. The van der Waals surface area contributed by atoms with Crippen LogP contribution in [0.3, 0.4) is 0 Å². The second kappa shape index (κ2) is 4.81. The molecule has 0 aromatic carbocycles. The van der Waals surface area contributed by atoms with E-state index in [4.69, 9.17) is 10.5 Å². The number of ether oxygens (including phenoxy) is 1. The molecule has 3 rings (SSSR count). The third kappa shape index (κ3) is 2.08. The maximum atomic E-state index is 5.96. The first-order chi connectivity index (χ1) is 9.24. The van der Waals surface area contributed by atoms with Gasteiger partial charge in [-0.05, 0) is 31.4 Å². The first kappa shape index (κ1) is 12.4. The van der Waals surface area contributed by atoms with Gasteiger partial charge in [-0.1, -0.05) is 12.5 Å². The Morgan fingerprint density at radius 3 is 2.95 bits per heavy atom. The summed E-state index contributed by atoms with van der Waals surface area (Å²) in [5.41, 5.74) is 6.22. The van der Waals surface area contributed by atoms with E-state index >= 15 is 0 Å². The van der Waals surface area contributed by atoms with Crippen LogP contribution in [0.2, 0.25) is 0 Å². The summed E-state index contributed by atoms with van der Waals surface area (Å²) in [7, 11) is 1.79. The molecular weight excluding hydrogens is 240 g/mol. The molecule has 1 aromatic rings. The van der Waals surface area contributed by atoms with Crippen LogP contribution in [-0.4, -0.2) is 30.2 Å². The van der Waals surface area contributed by atoms with Gasteiger partial charge in [0, 0.05) is 18.7 Å². The van der Waals surface area contributed by atoms with Crippen molar-refractivity contribution >= 4 is 11.8 Å². The van der Waals surface area contributed by atoms with Gasteiger partial charge in [0.1, 0.15) is 5.82 Å². The predicted molar refractivity (Wildman–Crippen MR) is 75.0 cm³/mol. The van der Waals surface area contributed by atoms with Crippen LogP contribution in [0.15, 0.2) is 29.4 Å². The van der Waals surface area contributed by atoms with Crippen LogP contribution in [0, 0.1) is 5.41 Å². The van der Waals surface area contributed by atoms with Crippen LogP contribution < -0.4 is 11.1 Å². The highest BCUT2D eigenvalue weighted by atomic mass is 16.5. The zero-order chi connectivity index (χ0) is 13.3. The van der Waals surface area contributed by atoms with Gasteiger partial charge in [0.25, 0.3) is 0 Å². The summed E-state index contributed by atoms with van der Waals surface area (Å²) in [6.45, 7) is 0. The van der Waals surface area contributed by atoms with E-state index in [-0.39, 0.29) is 5.41 Å². The summed E-state index contributed by atoms with van der Waals surface area (Å²) in [5.74, 6) is 1.18. The minimum Gasteiger partial charge on any atom is -0.381 e. The Balaban J connectivity index is 1.66. The number of hydrogen-bond acceptors (Lipinski definition) is 3. The lowest BCUT2D eigenvalue weighted by molar-refractivity contribution is -0.150. The van der Waals surface area contributed by atoms with E-state index < -0.39 is 0 Å². The van der Waals surface area contributed by atoms with Crippen LogP contribution in [0.4, 0.5) is 5.82 Å². The van der Waals surface area contributed by atoms with Gasteiger partial charge in [0.2, 0.25) is 0 Å². The summed E-state index contributed by atoms with van der Waals surface area (Å²) < 4.78 is 5.53. The molecule has 2 aliphatic carbocycles. The molecule has 1 heterocycles. The molecule has 5 heteroatoms. The summed E-state index contributed by atoms with van der Waals surface area (Å²) in [5, 5.41) is 3.04. The molecule has 2 fully saturated rings. The standard InChI is InChI=1S/C14H20N4O/c1-19-11-9-10(14(11)6-4-7-14)17-13(15)18-12-5-2-3-8-16-12/h2-3,5,8,10-11H,4,6-7,9H2,1H3,(H3,15,16,17,18). The van der Waals surface area contributed by atoms with Gasteiger partial charge < -0.3 is 15.8 Å². The van der Waals surface area contributed by atoms with Gasteiger partial charge in [-0.25, -0.2) is 9.98 Å². The Labute approximate surface area is 113 Å². The van der Waals surface area contributed by atoms with Crippen LogP contribution >= 0.6 is 0 Å². The fraction of sp³-hybridized carbons (Fsp3) is 0.571. The van der Waals surface area contributed by atoms with E-state index in [1.165, 1.54) is 19.3 Å². The molecule has 0 bridgehead atoms. The Morgan fingerprint density at radius 2 is 2.37 bits per heavy atom. The molecule has 5 nitrogen and oxygen atoms in total. The number of pyridine rings is 1. The molecule has 19 heavy (non-hydrogen) atoms. The Morgan fingerprint density at radius 1 is 1.53 bits per heavy atom. The quantitative estimate of drug-likeness (QED) is 0.641. The van der Waals surface area contributed by atoms with Crippen molar-refractivity contribution in [2.24, 2.45) is 16.1 Å². The molecule has 2 unspecified atom stereocenters. The fourth-order valence-corrected chi connectivity index (χ4v) is 3.25. The Hall–Kier alpha value is -1.62. The summed E-state index contributed by atoms with van der Waals surface area (Å²) in [4.78, 5) is 8.79. The lowest BCUT2D eigenvalue weighted by Gasteiger charge is -2.59. The topological polar surface area (TPSA) is 72.5 Å². The number of methoxy groups -OCH3 is 1. The molecule has 1 aromatic heterocycles. The minimum atomic E-state index is 0.255. The lowest BCUT2D eigenvalue weighted by Crippen LogP contribution is -2.61. The number of nitrogens with one attached hydrogen (secondary N) is 1. The Bertz CT molecular complexity index is 470. The van der Waals surface area contributed by atoms with E-state index in [1.54, 1.807) is 13.3 Å². The molecule has 0 amide bonds. The highest BCUT2D eigenvalue weighted by molar-refractivity contribution is 5.91. The Kier molecular flexibility index (Phi) is 3.14. The van der Waals surface area contributed by atoms with Crippen LogP contribution in [0.1, 0.15) is 25.7 Å². The minimum absolute atomic E-state index is 0.255. The molecule has 0 saturated heterocycles. The second-order valence-electron chi connectivity index (χ2n) is 5.42. The molecule has 0 aliphatic heterocycles. The van der Waals surface area contributed by atoms with Crippen molar-refractivity contribution in [1.29, 1.82) is 0 Å². The van der Waals surface area contributed by atoms with Gasteiger partial charge in [0.15, 0.2) is 5.96 Å². The van der Waals surface area contributed by atoms with Crippen LogP contribution in [0.5, 0.6) is 0 Å². The molecule has 2 atom stereocenters. The van der Waals surface area contributed by atoms with Crippen LogP contribution in [-0.2, 0) is 4.74 Å². The summed E-state index contributed by atoms with van der Waals surface area (Å²) in [6, 6.07) is 5.96. The van der Waals surface area contributed by atoms with E-state index in [2.05, 4.69) is 15.3 Å². The number of hydrogen-bond donors (Lipinski definition) is 2. The van der Waals surface area contributed by atoms with E-state index in [0.29, 0.717) is 18.1 Å². The third-order valence-corrected chi connectivity index (χ3v) is 4.53. The molecule has 102 valence electrons. The van der Waals surface area contributed by atoms with Gasteiger partial charge in [0.05, 0.1) is 12.1 Å². The largest absolute Gasteiger partial charge is 0.381 e. The fourth-order valence-electron chi connectivity index (χ4n) is 3.25. The van der Waals surface area contributed by atoms with Gasteiger partial charge in [-0.2, -0.15) is 0 Å². The number of nitrogens with zero attached hydrogens (tertiary/aromatic N) is 2. The molecule has 2 saturated carbocycles. The van der Waals surface area contributed by atoms with E-state index in [9.17, 15) is 0 Å². The molecule has 1 spiro atoms. The smallest absolute Gasteiger partial charge is 0.194 e. The first-order valence-electron chi connectivity index (χ1n) is 6.79. The number of rotatable bonds is 3. The SMILES string of the molecule is COC1CC(N=C(N)Nc2ccccn2)C12CCC2. The lowest BCUT2D eigenvalue weighted by atomic mass is 9.51. The van der Waals surface area contributed by atoms with Crippen LogP contribution in [0.25, 0.3) is 0 Å². The van der Waals surface area contributed by atoms with E-state index in [0.717, 1.165) is 12.2 Å². The summed E-state index contributed by atoms with van der Waals surface area (Å²) >= 11 is 0. The number of guanidine groups is 1.